The van der Waals surface area contributed by atoms with Gasteiger partial charge in [0.05, 0.1) is 0 Å². The van der Waals surface area contributed by atoms with Crippen molar-refractivity contribution in [1.82, 2.24) is 5.32 Å². The van der Waals surface area contributed by atoms with Crippen molar-refractivity contribution in [1.29, 1.82) is 0 Å². The smallest absolute Gasteiger partial charge is 0.0409 e. The molecule has 2 nitrogen and oxygen atoms in total. The van der Waals surface area contributed by atoms with E-state index in [0.717, 1.165) is 19.0 Å². The molecule has 1 N–H and O–H groups in total. The van der Waals surface area contributed by atoms with Gasteiger partial charge in [0.15, 0.2) is 0 Å². The van der Waals surface area contributed by atoms with Crippen molar-refractivity contribution in [3.05, 3.63) is 29.3 Å². The van der Waals surface area contributed by atoms with Gasteiger partial charge in [-0.3, -0.25) is 0 Å². The molecule has 20 heavy (non-hydrogen) atoms. The Bertz CT molecular complexity index is 418. The van der Waals surface area contributed by atoms with Crippen LogP contribution >= 0.6 is 0 Å². The van der Waals surface area contributed by atoms with Gasteiger partial charge in [0, 0.05) is 31.4 Å². The summed E-state index contributed by atoms with van der Waals surface area (Å²) in [5.41, 5.74) is 4.23. The van der Waals surface area contributed by atoms with E-state index in [0.29, 0.717) is 0 Å². The van der Waals surface area contributed by atoms with Crippen LogP contribution in [0.5, 0.6) is 0 Å². The Morgan fingerprint density at radius 2 is 1.90 bits per heavy atom. The Balaban J connectivity index is 2.89. The molecular formula is C18H32N2. The van der Waals surface area contributed by atoms with Gasteiger partial charge in [-0.1, -0.05) is 38.0 Å². The molecule has 0 heterocycles. The molecular weight excluding hydrogens is 244 g/mol. The monoisotopic (exact) mass is 276 g/mol. The van der Waals surface area contributed by atoms with E-state index in [-0.39, 0.29) is 5.54 Å². The highest BCUT2D eigenvalue weighted by molar-refractivity contribution is 5.54. The van der Waals surface area contributed by atoms with Crippen LogP contribution in [-0.4, -0.2) is 19.1 Å². The van der Waals surface area contributed by atoms with Gasteiger partial charge in [-0.2, -0.15) is 0 Å². The summed E-state index contributed by atoms with van der Waals surface area (Å²) in [6.45, 7) is 15.4. The maximum atomic E-state index is 3.60. The maximum absolute atomic E-state index is 3.60. The van der Waals surface area contributed by atoms with Gasteiger partial charge < -0.3 is 10.2 Å². The van der Waals surface area contributed by atoms with Crippen molar-refractivity contribution >= 4 is 5.69 Å². The number of nitrogens with one attached hydrogen (secondary N) is 1. The summed E-state index contributed by atoms with van der Waals surface area (Å²) in [5.74, 6) is 0.727. The molecule has 0 aliphatic heterocycles. The Hall–Kier alpha value is -1.02. The van der Waals surface area contributed by atoms with Gasteiger partial charge in [-0.05, 0) is 45.2 Å². The van der Waals surface area contributed by atoms with Gasteiger partial charge >= 0.3 is 0 Å². The minimum absolute atomic E-state index is 0.149. The highest BCUT2D eigenvalue weighted by Crippen LogP contribution is 2.23. The average molecular weight is 276 g/mol. The third-order valence-electron chi connectivity index (χ3n) is 3.74. The van der Waals surface area contributed by atoms with Gasteiger partial charge in [-0.15, -0.1) is 0 Å². The Morgan fingerprint density at radius 1 is 1.25 bits per heavy atom. The summed E-state index contributed by atoms with van der Waals surface area (Å²) in [4.78, 5) is 2.40. The predicted molar refractivity (Wildman–Crippen MR) is 90.5 cm³/mol. The number of benzene rings is 1. The highest BCUT2D eigenvalue weighted by atomic mass is 15.1. The SMILES string of the molecule is CCC(C)CN(C)c1ccc(C)cc1CNC(C)(C)C. The zero-order valence-corrected chi connectivity index (χ0v) is 14.4. The number of nitrogens with zero attached hydrogens (tertiary/aromatic N) is 1. The van der Waals surface area contributed by atoms with Crippen LogP contribution in [0.1, 0.15) is 52.2 Å². The standard InChI is InChI=1S/C18H32N2/c1-8-14(2)13-20(7)17-10-9-15(3)11-16(17)12-19-18(4,5)6/h9-11,14,19H,8,12-13H2,1-7H3. The maximum Gasteiger partial charge on any atom is 0.0409 e. The fourth-order valence-electron chi connectivity index (χ4n) is 2.28. The summed E-state index contributed by atoms with van der Waals surface area (Å²) in [6.07, 6.45) is 1.23. The van der Waals surface area contributed by atoms with Crippen molar-refractivity contribution < 1.29 is 0 Å². The second-order valence-corrected chi connectivity index (χ2v) is 7.13. The van der Waals surface area contributed by atoms with E-state index >= 15 is 0 Å². The minimum Gasteiger partial charge on any atom is -0.374 e. The van der Waals surface area contributed by atoms with Gasteiger partial charge in [0.2, 0.25) is 0 Å². The lowest BCUT2D eigenvalue weighted by atomic mass is 10.0. The Kier molecular flexibility index (Phi) is 6.07. The molecule has 0 fully saturated rings. The molecule has 0 saturated heterocycles. The van der Waals surface area contributed by atoms with E-state index in [9.17, 15) is 0 Å². The number of aryl methyl sites for hydroxylation is 1. The predicted octanol–water partition coefficient (Wildman–Crippen LogP) is 4.37. The van der Waals surface area contributed by atoms with Gasteiger partial charge in [0.25, 0.3) is 0 Å². The van der Waals surface area contributed by atoms with E-state index < -0.39 is 0 Å². The van der Waals surface area contributed by atoms with Crippen LogP contribution < -0.4 is 10.2 Å². The zero-order chi connectivity index (χ0) is 15.3. The van der Waals surface area contributed by atoms with Gasteiger partial charge in [-0.25, -0.2) is 0 Å². The number of hydrogen-bond donors (Lipinski definition) is 1. The van der Waals surface area contributed by atoms with E-state index in [1.807, 2.05) is 0 Å². The first-order valence-corrected chi connectivity index (χ1v) is 7.78. The summed E-state index contributed by atoms with van der Waals surface area (Å²) in [6, 6.07) is 6.78. The molecule has 114 valence electrons. The molecule has 1 aromatic carbocycles. The molecule has 1 rings (SSSR count). The second kappa shape index (κ2) is 7.12. The van der Waals surface area contributed by atoms with Crippen molar-refractivity contribution in [3.8, 4) is 0 Å². The lowest BCUT2D eigenvalue weighted by molar-refractivity contribution is 0.424. The van der Waals surface area contributed by atoms with Crippen LogP contribution in [-0.2, 0) is 6.54 Å². The Labute approximate surface area is 125 Å². The van der Waals surface area contributed by atoms with Crippen LogP contribution in [0.2, 0.25) is 0 Å². The third kappa shape index (κ3) is 5.54. The first-order chi connectivity index (χ1) is 9.23. The quantitative estimate of drug-likeness (QED) is 0.830. The molecule has 0 aliphatic carbocycles. The molecule has 0 aromatic heterocycles. The molecule has 0 radical (unpaired) electrons. The molecule has 0 aliphatic rings. The van der Waals surface area contributed by atoms with E-state index in [1.54, 1.807) is 0 Å². The molecule has 0 saturated carbocycles. The molecule has 1 atom stereocenters. The van der Waals surface area contributed by atoms with E-state index in [4.69, 9.17) is 0 Å². The molecule has 2 heteroatoms. The van der Waals surface area contributed by atoms with Crippen molar-refractivity contribution in [2.24, 2.45) is 5.92 Å². The normalized spacial score (nSPS) is 13.3. The second-order valence-electron chi connectivity index (χ2n) is 7.13. The molecule has 0 bridgehead atoms. The third-order valence-corrected chi connectivity index (χ3v) is 3.74. The lowest BCUT2D eigenvalue weighted by Crippen LogP contribution is -2.35. The highest BCUT2D eigenvalue weighted by Gasteiger charge is 2.13. The van der Waals surface area contributed by atoms with E-state index in [1.165, 1.54) is 23.2 Å². The average Bonchev–Trinajstić information content (AvgIpc) is 2.35. The minimum atomic E-state index is 0.149. The van der Waals surface area contributed by atoms with Crippen molar-refractivity contribution in [2.45, 2.75) is 60.0 Å². The first kappa shape index (κ1) is 17.0. The summed E-state index contributed by atoms with van der Waals surface area (Å²) >= 11 is 0. The van der Waals surface area contributed by atoms with Crippen LogP contribution in [0.25, 0.3) is 0 Å². The van der Waals surface area contributed by atoms with Crippen LogP contribution in [0.4, 0.5) is 5.69 Å². The fraction of sp³-hybridized carbons (Fsp3) is 0.667. The van der Waals surface area contributed by atoms with Crippen molar-refractivity contribution in [2.75, 3.05) is 18.5 Å². The molecule has 0 spiro atoms. The van der Waals surface area contributed by atoms with Crippen LogP contribution in [0, 0.1) is 12.8 Å². The number of hydrogen-bond acceptors (Lipinski definition) is 2. The fourth-order valence-corrected chi connectivity index (χ4v) is 2.28. The van der Waals surface area contributed by atoms with Gasteiger partial charge in [0.1, 0.15) is 0 Å². The number of rotatable bonds is 6. The molecule has 1 aromatic rings. The largest absolute Gasteiger partial charge is 0.374 e. The zero-order valence-electron chi connectivity index (χ0n) is 14.4. The van der Waals surface area contributed by atoms with Crippen LogP contribution in [0.15, 0.2) is 18.2 Å². The van der Waals surface area contributed by atoms with Crippen LogP contribution in [0.3, 0.4) is 0 Å². The first-order valence-electron chi connectivity index (χ1n) is 7.78. The Morgan fingerprint density at radius 3 is 2.45 bits per heavy atom. The molecule has 1 unspecified atom stereocenters. The number of anilines is 1. The summed E-state index contributed by atoms with van der Waals surface area (Å²) in [5, 5.41) is 3.60. The summed E-state index contributed by atoms with van der Waals surface area (Å²) < 4.78 is 0. The van der Waals surface area contributed by atoms with Crippen molar-refractivity contribution in [3.63, 3.8) is 0 Å². The topological polar surface area (TPSA) is 15.3 Å². The van der Waals surface area contributed by atoms with E-state index in [2.05, 4.69) is 77.0 Å². The lowest BCUT2D eigenvalue weighted by Gasteiger charge is -2.27. The molecule has 0 amide bonds. The summed E-state index contributed by atoms with van der Waals surface area (Å²) in [7, 11) is 2.21.